The summed E-state index contributed by atoms with van der Waals surface area (Å²) in [6.07, 6.45) is 6.05. The highest BCUT2D eigenvalue weighted by Gasteiger charge is 2.13. The Morgan fingerprint density at radius 2 is 1.75 bits per heavy atom. The molecule has 132 valence electrons. The Kier molecular flexibility index (Phi) is 7.53. The van der Waals surface area contributed by atoms with E-state index in [0.29, 0.717) is 17.3 Å². The number of rotatable bonds is 5. The Hall–Kier alpha value is -1.59. The Balaban J connectivity index is 1.74. The van der Waals surface area contributed by atoms with E-state index in [1.54, 1.807) is 18.2 Å². The van der Waals surface area contributed by atoms with Crippen molar-refractivity contribution in [3.63, 3.8) is 0 Å². The minimum Gasteiger partial charge on any atom is -0.346 e. The third-order valence-corrected chi connectivity index (χ3v) is 4.71. The minimum absolute atomic E-state index is 0.0291. The average Bonchev–Trinajstić information content (AvgIpc) is 2.52. The molecule has 1 heterocycles. The molecule has 0 spiro atoms. The van der Waals surface area contributed by atoms with Gasteiger partial charge in [0, 0.05) is 10.7 Å². The summed E-state index contributed by atoms with van der Waals surface area (Å²) in [7, 11) is 0. The summed E-state index contributed by atoms with van der Waals surface area (Å²) in [6, 6.07) is 5.35. The molecule has 0 aliphatic carbocycles. The number of hydrogen-bond acceptors (Lipinski definition) is 3. The first kappa shape index (κ1) is 18.7. The molecule has 24 heavy (non-hydrogen) atoms. The van der Waals surface area contributed by atoms with E-state index in [1.807, 2.05) is 6.92 Å². The first-order valence-corrected chi connectivity index (χ1v) is 8.98. The van der Waals surface area contributed by atoms with Crippen LogP contribution in [0.4, 0.5) is 5.69 Å². The second-order valence-corrected chi connectivity index (χ2v) is 6.69. The van der Waals surface area contributed by atoms with E-state index in [4.69, 9.17) is 11.6 Å². The van der Waals surface area contributed by atoms with Crippen LogP contribution in [0.5, 0.6) is 0 Å². The van der Waals surface area contributed by atoms with Crippen LogP contribution in [-0.2, 0) is 9.59 Å². The van der Waals surface area contributed by atoms with E-state index in [1.165, 1.54) is 19.3 Å². The number of nitrogens with one attached hydrogen (secondary N) is 2. The van der Waals surface area contributed by atoms with Gasteiger partial charge in [0.05, 0.1) is 13.1 Å². The van der Waals surface area contributed by atoms with Crippen molar-refractivity contribution in [1.82, 2.24) is 10.2 Å². The standard InChI is InChI=1S/C18H26ClN3O2/c1-14-15(19)8-7-9-16(14)21-17(23)12-20-18(24)13-22-10-5-3-2-4-6-11-22/h7-9H,2-6,10-13H2,1H3,(H,20,24)(H,21,23). The van der Waals surface area contributed by atoms with E-state index in [0.717, 1.165) is 31.5 Å². The first-order valence-electron chi connectivity index (χ1n) is 8.60. The van der Waals surface area contributed by atoms with Crippen LogP contribution in [0.25, 0.3) is 0 Å². The monoisotopic (exact) mass is 351 g/mol. The Morgan fingerprint density at radius 3 is 2.46 bits per heavy atom. The molecule has 1 aliphatic heterocycles. The van der Waals surface area contributed by atoms with Gasteiger partial charge in [0.25, 0.3) is 0 Å². The minimum atomic E-state index is -0.249. The van der Waals surface area contributed by atoms with Gasteiger partial charge in [-0.2, -0.15) is 0 Å². The van der Waals surface area contributed by atoms with E-state index in [2.05, 4.69) is 15.5 Å². The van der Waals surface area contributed by atoms with E-state index in [-0.39, 0.29) is 18.4 Å². The maximum Gasteiger partial charge on any atom is 0.243 e. The lowest BCUT2D eigenvalue weighted by Crippen LogP contribution is -2.41. The fourth-order valence-corrected chi connectivity index (χ4v) is 3.02. The van der Waals surface area contributed by atoms with Crippen LogP contribution in [0, 0.1) is 6.92 Å². The zero-order valence-corrected chi connectivity index (χ0v) is 15.0. The molecule has 1 aromatic carbocycles. The fourth-order valence-electron chi connectivity index (χ4n) is 2.85. The molecule has 2 amide bonds. The van der Waals surface area contributed by atoms with Gasteiger partial charge < -0.3 is 10.6 Å². The second kappa shape index (κ2) is 9.64. The molecule has 2 rings (SSSR count). The lowest BCUT2D eigenvalue weighted by Gasteiger charge is -2.23. The molecule has 0 saturated carbocycles. The summed E-state index contributed by atoms with van der Waals surface area (Å²) in [4.78, 5) is 26.2. The Labute approximate surface area is 148 Å². The zero-order valence-electron chi connectivity index (χ0n) is 14.2. The molecular formula is C18H26ClN3O2. The van der Waals surface area contributed by atoms with Crippen molar-refractivity contribution in [2.24, 2.45) is 0 Å². The van der Waals surface area contributed by atoms with Gasteiger partial charge in [-0.25, -0.2) is 0 Å². The van der Waals surface area contributed by atoms with Crippen LogP contribution in [-0.4, -0.2) is 42.9 Å². The summed E-state index contributed by atoms with van der Waals surface area (Å²) in [6.45, 7) is 4.10. The summed E-state index contributed by atoms with van der Waals surface area (Å²) in [5.41, 5.74) is 1.49. The second-order valence-electron chi connectivity index (χ2n) is 6.28. The highest BCUT2D eigenvalue weighted by molar-refractivity contribution is 6.31. The number of carbonyl (C=O) groups excluding carboxylic acids is 2. The molecular weight excluding hydrogens is 326 g/mol. The van der Waals surface area contributed by atoms with Crippen LogP contribution in [0.1, 0.15) is 37.7 Å². The molecule has 0 atom stereocenters. The number of likely N-dealkylation sites (tertiary alicyclic amines) is 1. The third kappa shape index (κ3) is 6.13. The van der Waals surface area contributed by atoms with Crippen molar-refractivity contribution in [1.29, 1.82) is 0 Å². The summed E-state index contributed by atoms with van der Waals surface area (Å²) in [5, 5.41) is 6.08. The van der Waals surface area contributed by atoms with Crippen molar-refractivity contribution < 1.29 is 9.59 Å². The molecule has 1 saturated heterocycles. The Morgan fingerprint density at radius 1 is 1.08 bits per heavy atom. The van der Waals surface area contributed by atoms with Gasteiger partial charge in [0.2, 0.25) is 11.8 Å². The van der Waals surface area contributed by atoms with Gasteiger partial charge in [-0.15, -0.1) is 0 Å². The van der Waals surface area contributed by atoms with Gasteiger partial charge in [-0.1, -0.05) is 36.9 Å². The van der Waals surface area contributed by atoms with Crippen LogP contribution < -0.4 is 10.6 Å². The molecule has 0 aromatic heterocycles. The maximum absolute atomic E-state index is 12.0. The lowest BCUT2D eigenvalue weighted by molar-refractivity contribution is -0.125. The zero-order chi connectivity index (χ0) is 17.4. The van der Waals surface area contributed by atoms with Gasteiger partial charge in [-0.3, -0.25) is 14.5 Å². The predicted molar refractivity (Wildman–Crippen MR) is 97.4 cm³/mol. The SMILES string of the molecule is Cc1c(Cl)cccc1NC(=O)CNC(=O)CN1CCCCCCC1. The van der Waals surface area contributed by atoms with Crippen molar-refractivity contribution in [2.75, 3.05) is 31.5 Å². The van der Waals surface area contributed by atoms with Crippen molar-refractivity contribution in [2.45, 2.75) is 39.0 Å². The van der Waals surface area contributed by atoms with Gasteiger partial charge in [0.15, 0.2) is 0 Å². The Bertz CT molecular complexity index is 569. The average molecular weight is 352 g/mol. The molecule has 0 radical (unpaired) electrons. The van der Waals surface area contributed by atoms with Gasteiger partial charge >= 0.3 is 0 Å². The molecule has 5 nitrogen and oxygen atoms in total. The molecule has 2 N–H and O–H groups in total. The van der Waals surface area contributed by atoms with E-state index in [9.17, 15) is 9.59 Å². The lowest BCUT2D eigenvalue weighted by atomic mass is 10.1. The van der Waals surface area contributed by atoms with Gasteiger partial charge in [0.1, 0.15) is 0 Å². The summed E-state index contributed by atoms with van der Waals surface area (Å²) in [5.74, 6) is -0.352. The molecule has 0 unspecified atom stereocenters. The van der Waals surface area contributed by atoms with Crippen molar-refractivity contribution >= 4 is 29.1 Å². The number of amides is 2. The number of benzene rings is 1. The van der Waals surface area contributed by atoms with Crippen LogP contribution in [0.15, 0.2) is 18.2 Å². The van der Waals surface area contributed by atoms with Crippen LogP contribution in [0.3, 0.4) is 0 Å². The highest BCUT2D eigenvalue weighted by atomic mass is 35.5. The molecule has 6 heteroatoms. The van der Waals surface area contributed by atoms with Crippen LogP contribution >= 0.6 is 11.6 Å². The molecule has 0 bridgehead atoms. The first-order chi connectivity index (χ1) is 11.6. The third-order valence-electron chi connectivity index (χ3n) is 4.30. The number of carbonyl (C=O) groups is 2. The number of anilines is 1. The van der Waals surface area contributed by atoms with Crippen LogP contribution in [0.2, 0.25) is 5.02 Å². The normalized spacial score (nSPS) is 16.1. The van der Waals surface area contributed by atoms with E-state index >= 15 is 0 Å². The largest absolute Gasteiger partial charge is 0.346 e. The predicted octanol–water partition coefficient (Wildman–Crippen LogP) is 2.97. The molecule has 1 fully saturated rings. The summed E-state index contributed by atoms with van der Waals surface area (Å²) < 4.78 is 0. The smallest absolute Gasteiger partial charge is 0.243 e. The maximum atomic E-state index is 12.0. The highest BCUT2D eigenvalue weighted by Crippen LogP contribution is 2.22. The number of nitrogens with zero attached hydrogens (tertiary/aromatic N) is 1. The molecule has 1 aromatic rings. The van der Waals surface area contributed by atoms with E-state index < -0.39 is 0 Å². The molecule has 1 aliphatic rings. The number of hydrogen-bond donors (Lipinski definition) is 2. The number of halogens is 1. The fraction of sp³-hybridized carbons (Fsp3) is 0.556. The van der Waals surface area contributed by atoms with Crippen molar-refractivity contribution in [3.8, 4) is 0 Å². The quantitative estimate of drug-likeness (QED) is 0.857. The van der Waals surface area contributed by atoms with Crippen molar-refractivity contribution in [3.05, 3.63) is 28.8 Å². The topological polar surface area (TPSA) is 61.4 Å². The summed E-state index contributed by atoms with van der Waals surface area (Å²) >= 11 is 6.03. The van der Waals surface area contributed by atoms with Gasteiger partial charge in [-0.05, 0) is 50.6 Å².